The van der Waals surface area contributed by atoms with Gasteiger partial charge in [-0.05, 0) is 31.5 Å². The molecule has 0 aliphatic rings. The lowest BCUT2D eigenvalue weighted by Crippen LogP contribution is -2.05. The Morgan fingerprint density at radius 2 is 2.33 bits per heavy atom. The van der Waals surface area contributed by atoms with E-state index < -0.39 is 0 Å². The van der Waals surface area contributed by atoms with E-state index >= 15 is 0 Å². The van der Waals surface area contributed by atoms with E-state index in [0.29, 0.717) is 6.54 Å². The Labute approximate surface area is 72.6 Å². The van der Waals surface area contributed by atoms with Crippen molar-refractivity contribution in [1.82, 2.24) is 4.98 Å². The molecule has 0 aromatic carbocycles. The number of ether oxygens (including phenoxy) is 1. The first-order chi connectivity index (χ1) is 5.77. The van der Waals surface area contributed by atoms with Crippen molar-refractivity contribution >= 4 is 0 Å². The van der Waals surface area contributed by atoms with Crippen LogP contribution in [0.4, 0.5) is 0 Å². The van der Waals surface area contributed by atoms with Gasteiger partial charge in [0.15, 0.2) is 0 Å². The fourth-order valence-electron chi connectivity index (χ4n) is 1.08. The van der Waals surface area contributed by atoms with Gasteiger partial charge in [0.25, 0.3) is 0 Å². The predicted octanol–water partition coefficient (Wildman–Crippen LogP) is 0.900. The Morgan fingerprint density at radius 3 is 2.92 bits per heavy atom. The SMILES string of the molecule is COc1cnc(C)c(CCN)c1. The maximum atomic E-state index is 5.45. The number of aromatic nitrogens is 1. The summed E-state index contributed by atoms with van der Waals surface area (Å²) in [6.07, 6.45) is 2.57. The maximum absolute atomic E-state index is 5.45. The molecule has 0 amide bonds. The van der Waals surface area contributed by atoms with Gasteiger partial charge in [0.2, 0.25) is 0 Å². The summed E-state index contributed by atoms with van der Waals surface area (Å²) in [5.74, 6) is 0.795. The highest BCUT2D eigenvalue weighted by atomic mass is 16.5. The molecule has 12 heavy (non-hydrogen) atoms. The monoisotopic (exact) mass is 166 g/mol. The van der Waals surface area contributed by atoms with Crippen molar-refractivity contribution < 1.29 is 4.74 Å². The Bertz CT molecular complexity index is 261. The van der Waals surface area contributed by atoms with Crippen LogP contribution in [0.3, 0.4) is 0 Å². The number of aryl methyl sites for hydroxylation is 1. The number of nitrogens with two attached hydrogens (primary N) is 1. The molecule has 0 spiro atoms. The summed E-state index contributed by atoms with van der Waals surface area (Å²) in [5, 5.41) is 0. The van der Waals surface area contributed by atoms with Crippen LogP contribution in [0, 0.1) is 6.92 Å². The molecule has 0 fully saturated rings. The minimum absolute atomic E-state index is 0.648. The van der Waals surface area contributed by atoms with Gasteiger partial charge in [-0.15, -0.1) is 0 Å². The van der Waals surface area contributed by atoms with Crippen molar-refractivity contribution in [2.24, 2.45) is 5.73 Å². The molecule has 0 aliphatic heterocycles. The third-order valence-corrected chi connectivity index (χ3v) is 1.82. The van der Waals surface area contributed by atoms with Crippen molar-refractivity contribution in [2.45, 2.75) is 13.3 Å². The van der Waals surface area contributed by atoms with Crippen LogP contribution in [0.15, 0.2) is 12.3 Å². The van der Waals surface area contributed by atoms with Gasteiger partial charge in [-0.3, -0.25) is 4.98 Å². The molecular weight excluding hydrogens is 152 g/mol. The molecule has 66 valence electrons. The highest BCUT2D eigenvalue weighted by molar-refractivity contribution is 5.28. The van der Waals surface area contributed by atoms with Crippen LogP contribution >= 0.6 is 0 Å². The van der Waals surface area contributed by atoms with Crippen LogP contribution < -0.4 is 10.5 Å². The van der Waals surface area contributed by atoms with Crippen molar-refractivity contribution in [3.63, 3.8) is 0 Å². The molecular formula is C9H14N2O. The van der Waals surface area contributed by atoms with Crippen molar-refractivity contribution in [2.75, 3.05) is 13.7 Å². The van der Waals surface area contributed by atoms with Crippen LogP contribution in [0.1, 0.15) is 11.3 Å². The van der Waals surface area contributed by atoms with Gasteiger partial charge in [0.05, 0.1) is 13.3 Å². The average Bonchev–Trinajstić information content (AvgIpc) is 2.09. The van der Waals surface area contributed by atoms with E-state index in [-0.39, 0.29) is 0 Å². The zero-order valence-electron chi connectivity index (χ0n) is 7.50. The fraction of sp³-hybridized carbons (Fsp3) is 0.444. The van der Waals surface area contributed by atoms with E-state index in [2.05, 4.69) is 4.98 Å². The third-order valence-electron chi connectivity index (χ3n) is 1.82. The van der Waals surface area contributed by atoms with Gasteiger partial charge in [-0.1, -0.05) is 0 Å². The van der Waals surface area contributed by atoms with E-state index in [0.717, 1.165) is 23.4 Å². The van der Waals surface area contributed by atoms with Crippen LogP contribution in [-0.2, 0) is 6.42 Å². The van der Waals surface area contributed by atoms with Gasteiger partial charge in [-0.2, -0.15) is 0 Å². The molecule has 3 heteroatoms. The molecule has 0 aliphatic carbocycles. The summed E-state index contributed by atoms with van der Waals surface area (Å²) in [4.78, 5) is 4.19. The average molecular weight is 166 g/mol. The zero-order valence-corrected chi connectivity index (χ0v) is 7.50. The lowest BCUT2D eigenvalue weighted by molar-refractivity contribution is 0.412. The van der Waals surface area contributed by atoms with Crippen molar-refractivity contribution in [1.29, 1.82) is 0 Å². The molecule has 0 saturated heterocycles. The summed E-state index contributed by atoms with van der Waals surface area (Å²) >= 11 is 0. The molecule has 0 atom stereocenters. The van der Waals surface area contributed by atoms with Crippen LogP contribution in [0.5, 0.6) is 5.75 Å². The van der Waals surface area contributed by atoms with Gasteiger partial charge in [0.1, 0.15) is 5.75 Å². The summed E-state index contributed by atoms with van der Waals surface area (Å²) in [6.45, 7) is 2.63. The molecule has 1 aromatic heterocycles. The maximum Gasteiger partial charge on any atom is 0.137 e. The summed E-state index contributed by atoms with van der Waals surface area (Å²) in [6, 6.07) is 1.98. The normalized spacial score (nSPS) is 9.92. The highest BCUT2D eigenvalue weighted by Crippen LogP contribution is 2.13. The van der Waals surface area contributed by atoms with Crippen molar-refractivity contribution in [3.05, 3.63) is 23.5 Å². The number of nitrogens with zero attached hydrogens (tertiary/aromatic N) is 1. The molecule has 1 rings (SSSR count). The smallest absolute Gasteiger partial charge is 0.137 e. The predicted molar refractivity (Wildman–Crippen MR) is 48.3 cm³/mol. The lowest BCUT2D eigenvalue weighted by atomic mass is 10.1. The molecule has 0 saturated carbocycles. The number of rotatable bonds is 3. The van der Waals surface area contributed by atoms with E-state index in [4.69, 9.17) is 10.5 Å². The topological polar surface area (TPSA) is 48.1 Å². The molecule has 3 nitrogen and oxygen atoms in total. The second-order valence-corrected chi connectivity index (χ2v) is 2.66. The van der Waals surface area contributed by atoms with E-state index in [1.54, 1.807) is 13.3 Å². The summed E-state index contributed by atoms with van der Waals surface area (Å²) in [5.41, 5.74) is 7.65. The molecule has 1 aromatic rings. The molecule has 2 N–H and O–H groups in total. The molecule has 1 heterocycles. The van der Waals surface area contributed by atoms with E-state index in [1.165, 1.54) is 0 Å². The van der Waals surface area contributed by atoms with Gasteiger partial charge < -0.3 is 10.5 Å². The second-order valence-electron chi connectivity index (χ2n) is 2.66. The molecule has 0 unspecified atom stereocenters. The second kappa shape index (κ2) is 4.07. The first-order valence-electron chi connectivity index (χ1n) is 3.97. The Hall–Kier alpha value is -1.09. The third kappa shape index (κ3) is 1.95. The standard InChI is InChI=1S/C9H14N2O/c1-7-8(3-4-10)5-9(12-2)6-11-7/h5-6H,3-4,10H2,1-2H3. The van der Waals surface area contributed by atoms with E-state index in [9.17, 15) is 0 Å². The minimum atomic E-state index is 0.648. The van der Waals surface area contributed by atoms with Gasteiger partial charge in [0, 0.05) is 5.69 Å². The number of pyridine rings is 1. The number of methoxy groups -OCH3 is 1. The van der Waals surface area contributed by atoms with Crippen molar-refractivity contribution in [3.8, 4) is 5.75 Å². The van der Waals surface area contributed by atoms with Gasteiger partial charge >= 0.3 is 0 Å². The number of hydrogen-bond acceptors (Lipinski definition) is 3. The first kappa shape index (κ1) is 9.00. The lowest BCUT2D eigenvalue weighted by Gasteiger charge is -2.05. The molecule has 0 bridgehead atoms. The van der Waals surface area contributed by atoms with Gasteiger partial charge in [-0.25, -0.2) is 0 Å². The Morgan fingerprint density at radius 1 is 1.58 bits per heavy atom. The quantitative estimate of drug-likeness (QED) is 0.725. The summed E-state index contributed by atoms with van der Waals surface area (Å²) in [7, 11) is 1.64. The van der Waals surface area contributed by atoms with E-state index in [1.807, 2.05) is 13.0 Å². The Kier molecular flexibility index (Phi) is 3.05. The van der Waals surface area contributed by atoms with Crippen LogP contribution in [-0.4, -0.2) is 18.6 Å². The Balaban J connectivity index is 2.91. The number of hydrogen-bond donors (Lipinski definition) is 1. The van der Waals surface area contributed by atoms with Crippen LogP contribution in [0.25, 0.3) is 0 Å². The zero-order chi connectivity index (χ0) is 8.97. The highest BCUT2D eigenvalue weighted by Gasteiger charge is 2.00. The largest absolute Gasteiger partial charge is 0.495 e. The van der Waals surface area contributed by atoms with Crippen LogP contribution in [0.2, 0.25) is 0 Å². The fourth-order valence-corrected chi connectivity index (χ4v) is 1.08. The minimum Gasteiger partial charge on any atom is -0.495 e. The molecule has 0 radical (unpaired) electrons. The first-order valence-corrected chi connectivity index (χ1v) is 3.97. The summed E-state index contributed by atoms with van der Waals surface area (Å²) < 4.78 is 5.05.